The van der Waals surface area contributed by atoms with Crippen LogP contribution in [0.15, 0.2) is 48.5 Å². The average Bonchev–Trinajstić information content (AvgIpc) is 2.87. The highest BCUT2D eigenvalue weighted by molar-refractivity contribution is 5.94. The van der Waals surface area contributed by atoms with Gasteiger partial charge in [-0.15, -0.1) is 13.2 Å². The minimum absolute atomic E-state index is 0.0199. The van der Waals surface area contributed by atoms with Crippen molar-refractivity contribution in [3.63, 3.8) is 0 Å². The number of nitrogens with one attached hydrogen (secondary N) is 2. The van der Waals surface area contributed by atoms with E-state index in [0.717, 1.165) is 49.8 Å². The molecule has 0 bridgehead atoms. The number of halogens is 3. The van der Waals surface area contributed by atoms with Gasteiger partial charge in [-0.3, -0.25) is 9.59 Å². The zero-order chi connectivity index (χ0) is 27.7. The molecule has 206 valence electrons. The third-order valence-electron chi connectivity index (χ3n) is 6.62. The molecule has 0 aliphatic heterocycles. The maximum Gasteiger partial charge on any atom is 0.573 e. The zero-order valence-corrected chi connectivity index (χ0v) is 21.1. The van der Waals surface area contributed by atoms with Crippen LogP contribution in [-0.2, 0) is 11.3 Å². The van der Waals surface area contributed by atoms with Gasteiger partial charge < -0.3 is 25.4 Å². The fourth-order valence-corrected chi connectivity index (χ4v) is 4.55. The van der Waals surface area contributed by atoms with Crippen molar-refractivity contribution in [3.8, 4) is 5.75 Å². The molecule has 1 aliphatic carbocycles. The van der Waals surface area contributed by atoms with Crippen molar-refractivity contribution in [3.05, 3.63) is 59.7 Å². The summed E-state index contributed by atoms with van der Waals surface area (Å²) >= 11 is 0. The maximum atomic E-state index is 13.4. The van der Waals surface area contributed by atoms with Gasteiger partial charge in [-0.2, -0.15) is 0 Å². The Bertz CT molecular complexity index is 1080. The largest absolute Gasteiger partial charge is 0.573 e. The van der Waals surface area contributed by atoms with E-state index in [2.05, 4.69) is 15.4 Å². The quantitative estimate of drug-likeness (QED) is 0.357. The topological polar surface area (TPSA) is 108 Å². The fraction of sp³-hybridized carbons (Fsp3) is 0.444. The van der Waals surface area contributed by atoms with Crippen molar-refractivity contribution in [1.29, 1.82) is 0 Å². The number of carboxylic acids is 1. The number of aliphatic carboxylic acids is 1. The number of nitrogens with zero attached hydrogens (tertiary/aromatic N) is 1. The van der Waals surface area contributed by atoms with Crippen molar-refractivity contribution in [2.45, 2.75) is 64.4 Å². The first-order valence-corrected chi connectivity index (χ1v) is 12.5. The van der Waals surface area contributed by atoms with Crippen LogP contribution in [0.2, 0.25) is 0 Å². The number of carbonyl (C=O) groups is 3. The number of alkyl halides is 3. The third-order valence-corrected chi connectivity index (χ3v) is 6.62. The van der Waals surface area contributed by atoms with E-state index in [0.29, 0.717) is 17.2 Å². The van der Waals surface area contributed by atoms with E-state index in [-0.39, 0.29) is 43.2 Å². The van der Waals surface area contributed by atoms with Crippen LogP contribution in [0.25, 0.3) is 0 Å². The molecule has 0 heterocycles. The molecule has 8 nitrogen and oxygen atoms in total. The molecule has 11 heteroatoms. The molecule has 38 heavy (non-hydrogen) atoms. The van der Waals surface area contributed by atoms with Gasteiger partial charge in [-0.1, -0.05) is 31.4 Å². The van der Waals surface area contributed by atoms with Gasteiger partial charge >= 0.3 is 18.4 Å². The molecule has 3 N–H and O–H groups in total. The van der Waals surface area contributed by atoms with Crippen molar-refractivity contribution < 1.29 is 37.4 Å². The highest BCUT2D eigenvalue weighted by Gasteiger charge is 2.31. The Labute approximate surface area is 219 Å². The van der Waals surface area contributed by atoms with Crippen molar-refractivity contribution in [2.75, 3.05) is 11.9 Å². The summed E-state index contributed by atoms with van der Waals surface area (Å²) in [6.45, 7) is 2.28. The first-order chi connectivity index (χ1) is 18.0. The Hall–Kier alpha value is -3.76. The van der Waals surface area contributed by atoms with Gasteiger partial charge in [0.25, 0.3) is 5.91 Å². The van der Waals surface area contributed by atoms with Crippen LogP contribution in [0.3, 0.4) is 0 Å². The van der Waals surface area contributed by atoms with Gasteiger partial charge in [0.15, 0.2) is 0 Å². The number of ether oxygens (including phenoxy) is 1. The molecule has 0 radical (unpaired) electrons. The lowest BCUT2D eigenvalue weighted by Crippen LogP contribution is -2.45. The third kappa shape index (κ3) is 8.97. The minimum atomic E-state index is -4.80. The van der Waals surface area contributed by atoms with E-state index in [4.69, 9.17) is 5.11 Å². The van der Waals surface area contributed by atoms with Crippen LogP contribution in [0, 0.1) is 5.92 Å². The summed E-state index contributed by atoms with van der Waals surface area (Å²) in [5, 5.41) is 14.0. The SMILES string of the molecule is CC(C1CCCCC1)N(Cc1ccc(C(=O)NCCC(=O)O)cc1)C(=O)Nc1ccc(OC(F)(F)F)cc1. The summed E-state index contributed by atoms with van der Waals surface area (Å²) in [6, 6.07) is 11.2. The van der Waals surface area contributed by atoms with Crippen LogP contribution >= 0.6 is 0 Å². The Balaban J connectivity index is 1.71. The summed E-state index contributed by atoms with van der Waals surface area (Å²) in [5.41, 5.74) is 1.49. The lowest BCUT2D eigenvalue weighted by Gasteiger charge is -2.37. The first-order valence-electron chi connectivity index (χ1n) is 12.5. The molecule has 0 aromatic heterocycles. The van der Waals surface area contributed by atoms with Gasteiger partial charge in [0.1, 0.15) is 5.75 Å². The predicted octanol–water partition coefficient (Wildman–Crippen LogP) is 5.79. The molecule has 3 amide bonds. The standard InChI is InChI=1S/C27H32F3N3O5/c1-18(20-5-3-2-4-6-20)33(26(37)32-22-11-13-23(14-12-22)38-27(28,29)30)17-19-7-9-21(10-8-19)25(36)31-16-15-24(34)35/h7-14,18,20H,2-6,15-17H2,1H3,(H,31,36)(H,32,37)(H,34,35). The highest BCUT2D eigenvalue weighted by Crippen LogP contribution is 2.30. The summed E-state index contributed by atoms with van der Waals surface area (Å²) in [6.07, 6.45) is 0.385. The second kappa shape index (κ2) is 13.2. The van der Waals surface area contributed by atoms with Crippen molar-refractivity contribution in [2.24, 2.45) is 5.92 Å². The molecule has 2 aromatic rings. The molecule has 1 fully saturated rings. The zero-order valence-electron chi connectivity index (χ0n) is 21.1. The second-order valence-corrected chi connectivity index (χ2v) is 9.37. The molecule has 1 atom stereocenters. The first kappa shape index (κ1) is 28.8. The Morgan fingerprint density at radius 3 is 2.24 bits per heavy atom. The van der Waals surface area contributed by atoms with Crippen LogP contribution in [-0.4, -0.2) is 46.9 Å². The number of rotatable bonds is 10. The molecule has 1 aliphatic rings. The highest BCUT2D eigenvalue weighted by atomic mass is 19.4. The van der Waals surface area contributed by atoms with E-state index in [9.17, 15) is 27.6 Å². The van der Waals surface area contributed by atoms with Crippen molar-refractivity contribution in [1.82, 2.24) is 10.2 Å². The molecule has 0 saturated heterocycles. The van der Waals surface area contributed by atoms with Crippen molar-refractivity contribution >= 4 is 23.6 Å². The number of hydrogen-bond donors (Lipinski definition) is 3. The summed E-state index contributed by atoms with van der Waals surface area (Å²) in [5.74, 6) is -1.45. The lowest BCUT2D eigenvalue weighted by molar-refractivity contribution is -0.274. The minimum Gasteiger partial charge on any atom is -0.481 e. The van der Waals surface area contributed by atoms with Gasteiger partial charge in [0.05, 0.1) is 6.42 Å². The Morgan fingerprint density at radius 1 is 1.03 bits per heavy atom. The molecule has 3 rings (SSSR count). The van der Waals surface area contributed by atoms with Gasteiger partial charge in [-0.05, 0) is 67.6 Å². The summed E-state index contributed by atoms with van der Waals surface area (Å²) in [4.78, 5) is 37.9. The smallest absolute Gasteiger partial charge is 0.481 e. The van der Waals surface area contributed by atoms with Crippen LogP contribution in [0.5, 0.6) is 5.75 Å². The Morgan fingerprint density at radius 2 is 1.66 bits per heavy atom. The molecule has 0 spiro atoms. The number of carboxylic acid groups (broad SMARTS) is 1. The summed E-state index contributed by atoms with van der Waals surface area (Å²) in [7, 11) is 0. The number of anilines is 1. The number of urea groups is 1. The fourth-order valence-electron chi connectivity index (χ4n) is 4.55. The summed E-state index contributed by atoms with van der Waals surface area (Å²) < 4.78 is 41.2. The van der Waals surface area contributed by atoms with E-state index in [1.165, 1.54) is 12.1 Å². The number of amides is 3. The number of benzene rings is 2. The lowest BCUT2D eigenvalue weighted by atomic mass is 9.84. The van der Waals surface area contributed by atoms with E-state index < -0.39 is 12.3 Å². The number of hydrogen-bond acceptors (Lipinski definition) is 4. The van der Waals surface area contributed by atoms with Gasteiger partial charge in [0.2, 0.25) is 0 Å². The second-order valence-electron chi connectivity index (χ2n) is 9.37. The monoisotopic (exact) mass is 535 g/mol. The van der Waals surface area contributed by atoms with E-state index in [1.54, 1.807) is 29.2 Å². The molecular formula is C27H32F3N3O5. The van der Waals surface area contributed by atoms with Crippen LogP contribution in [0.1, 0.15) is 61.4 Å². The van der Waals surface area contributed by atoms with Crippen LogP contribution in [0.4, 0.5) is 23.7 Å². The maximum absolute atomic E-state index is 13.4. The number of carbonyl (C=O) groups excluding carboxylic acids is 2. The normalized spacial score (nSPS) is 14.8. The molecule has 2 aromatic carbocycles. The Kier molecular flexibility index (Phi) is 9.98. The van der Waals surface area contributed by atoms with E-state index in [1.807, 2.05) is 6.92 Å². The van der Waals surface area contributed by atoms with Gasteiger partial charge in [0, 0.05) is 30.4 Å². The average molecular weight is 536 g/mol. The van der Waals surface area contributed by atoms with Crippen LogP contribution < -0.4 is 15.4 Å². The molecule has 1 saturated carbocycles. The van der Waals surface area contributed by atoms with E-state index >= 15 is 0 Å². The molecule has 1 unspecified atom stereocenters. The van der Waals surface area contributed by atoms with Gasteiger partial charge in [-0.25, -0.2) is 4.79 Å². The predicted molar refractivity (Wildman–Crippen MR) is 135 cm³/mol. The molecular weight excluding hydrogens is 503 g/mol.